The number of rotatable bonds is 6. The van der Waals surface area contributed by atoms with Crippen molar-refractivity contribution < 1.29 is 22.4 Å². The van der Waals surface area contributed by atoms with Crippen molar-refractivity contribution >= 4 is 36.6 Å². The Morgan fingerprint density at radius 1 is 1.30 bits per heavy atom. The second-order valence-corrected chi connectivity index (χ2v) is 7.67. The number of anilines is 3. The van der Waals surface area contributed by atoms with Crippen molar-refractivity contribution in [1.29, 1.82) is 0 Å². The van der Waals surface area contributed by atoms with Crippen LogP contribution in [0.5, 0.6) is 0 Å². The maximum atomic E-state index is 12.7. The minimum atomic E-state index is -4.51. The van der Waals surface area contributed by atoms with E-state index >= 15 is 0 Å². The monoisotopic (exact) mass is 482 g/mol. The molecule has 0 aromatic carbocycles. The number of fused-ring (bicyclic) bond motifs is 1. The van der Waals surface area contributed by atoms with Gasteiger partial charge in [-0.15, -0.1) is 0 Å². The van der Waals surface area contributed by atoms with Gasteiger partial charge in [-0.25, -0.2) is 4.98 Å². The Balaban J connectivity index is 0.00000306. The van der Waals surface area contributed by atoms with Crippen molar-refractivity contribution in [2.24, 2.45) is 0 Å². The van der Waals surface area contributed by atoms with Crippen molar-refractivity contribution in [3.63, 3.8) is 0 Å². The van der Waals surface area contributed by atoms with Gasteiger partial charge < -0.3 is 20.0 Å². The zero-order chi connectivity index (χ0) is 23.0. The van der Waals surface area contributed by atoms with E-state index in [2.05, 4.69) is 20.7 Å². The molecule has 178 valence electrons. The lowest BCUT2D eigenvalue weighted by Gasteiger charge is -2.35. The first-order valence-electron chi connectivity index (χ1n) is 10.1. The van der Waals surface area contributed by atoms with Crippen LogP contribution in [0.4, 0.5) is 30.4 Å². The molecule has 1 aliphatic heterocycles. The lowest BCUT2D eigenvalue weighted by Crippen LogP contribution is -2.45. The Bertz CT molecular complexity index is 1140. The minimum absolute atomic E-state index is 0. The van der Waals surface area contributed by atoms with Gasteiger partial charge in [0.15, 0.2) is 0 Å². The van der Waals surface area contributed by atoms with E-state index in [0.29, 0.717) is 30.2 Å². The molecule has 4 rings (SSSR count). The quantitative estimate of drug-likeness (QED) is 0.549. The fourth-order valence-electron chi connectivity index (χ4n) is 3.74. The van der Waals surface area contributed by atoms with Gasteiger partial charge in [0, 0.05) is 31.4 Å². The number of amides is 1. The van der Waals surface area contributed by atoms with Gasteiger partial charge in [-0.05, 0) is 25.5 Å². The van der Waals surface area contributed by atoms with Crippen LogP contribution in [0, 0.1) is 6.92 Å². The van der Waals surface area contributed by atoms with Crippen LogP contribution in [-0.4, -0.2) is 33.8 Å². The first-order chi connectivity index (χ1) is 15.2. The summed E-state index contributed by atoms with van der Waals surface area (Å²) >= 11 is 0. The number of hydrogen-bond acceptors (Lipinski definition) is 6. The Morgan fingerprint density at radius 2 is 2.06 bits per heavy atom. The van der Waals surface area contributed by atoms with E-state index in [1.165, 1.54) is 10.7 Å². The molecule has 2 N–H and O–H groups in total. The van der Waals surface area contributed by atoms with Gasteiger partial charge in [0.25, 0.3) is 0 Å². The van der Waals surface area contributed by atoms with Crippen LogP contribution in [0.15, 0.2) is 35.0 Å². The topological polar surface area (TPSA) is 88.2 Å². The number of furan rings is 1. The third-order valence-corrected chi connectivity index (χ3v) is 5.38. The fraction of sp³-hybridized carbons (Fsp3) is 0.381. The summed E-state index contributed by atoms with van der Waals surface area (Å²) in [7, 11) is 1.89. The Hall–Kier alpha value is -3.15. The zero-order valence-corrected chi connectivity index (χ0v) is 19.3. The maximum absolute atomic E-state index is 12.7. The fourth-order valence-corrected chi connectivity index (χ4v) is 3.74. The second-order valence-electron chi connectivity index (χ2n) is 7.67. The number of halogens is 3. The molecule has 3 aromatic rings. The highest BCUT2D eigenvalue weighted by molar-refractivity contribution is 7.59. The molecule has 0 spiro atoms. The summed E-state index contributed by atoms with van der Waals surface area (Å²) in [5, 5.41) is 10.4. The zero-order valence-electron chi connectivity index (χ0n) is 18.3. The predicted octanol–water partition coefficient (Wildman–Crippen LogP) is 4.14. The van der Waals surface area contributed by atoms with E-state index in [-0.39, 0.29) is 37.7 Å². The van der Waals surface area contributed by atoms with Crippen LogP contribution < -0.4 is 15.5 Å². The molecule has 0 unspecified atom stereocenters. The van der Waals surface area contributed by atoms with Crippen LogP contribution in [0.2, 0.25) is 0 Å². The van der Waals surface area contributed by atoms with E-state index in [0.717, 1.165) is 17.3 Å². The lowest BCUT2D eigenvalue weighted by atomic mass is 10.1. The highest BCUT2D eigenvalue weighted by Gasteiger charge is 2.34. The first kappa shape index (κ1) is 24.5. The number of aromatic nitrogens is 3. The van der Waals surface area contributed by atoms with Crippen molar-refractivity contribution in [3.8, 4) is 0 Å². The summed E-state index contributed by atoms with van der Waals surface area (Å²) in [4.78, 5) is 18.7. The van der Waals surface area contributed by atoms with Crippen molar-refractivity contribution in [2.45, 2.75) is 45.6 Å². The number of aryl methyl sites for hydroxylation is 1. The molecule has 1 atom stereocenters. The summed E-state index contributed by atoms with van der Waals surface area (Å²) in [6.45, 7) is 4.31. The minimum Gasteiger partial charge on any atom is -0.455 e. The van der Waals surface area contributed by atoms with Crippen molar-refractivity contribution in [1.82, 2.24) is 14.8 Å². The van der Waals surface area contributed by atoms with E-state index in [4.69, 9.17) is 4.42 Å². The Labute approximate surface area is 195 Å². The number of nitrogens with zero attached hydrogens (tertiary/aromatic N) is 4. The van der Waals surface area contributed by atoms with Crippen molar-refractivity contribution in [3.05, 3.63) is 53.4 Å². The van der Waals surface area contributed by atoms with Crippen molar-refractivity contribution in [2.75, 3.05) is 22.6 Å². The predicted molar refractivity (Wildman–Crippen MR) is 123 cm³/mol. The number of carbonyl (C=O) groups is 1. The Morgan fingerprint density at radius 3 is 2.73 bits per heavy atom. The molecule has 1 amide bonds. The number of likely N-dealkylation sites (N-methyl/N-ethyl adjacent to an activating group) is 1. The maximum Gasteiger partial charge on any atom is 0.449 e. The molecule has 0 saturated carbocycles. The van der Waals surface area contributed by atoms with Crippen LogP contribution in [0.3, 0.4) is 0 Å². The number of pyridine rings is 1. The summed E-state index contributed by atoms with van der Waals surface area (Å²) < 4.78 is 44.4. The van der Waals surface area contributed by atoms with Gasteiger partial charge in [-0.1, -0.05) is 6.92 Å². The summed E-state index contributed by atoms with van der Waals surface area (Å²) in [5.74, 6) is -0.253. The van der Waals surface area contributed by atoms with Gasteiger partial charge in [-0.2, -0.15) is 31.8 Å². The standard InChI is InChI=1S/C21H23F3N6O2.H2S/c1-4-15-20(31)28-19-12(2)27-18(7-16(19)29(15)3)25-8-13-9-26-30(10-13)11-14-5-6-17(32-14)21(22,23)24;/h5-7,9-10,15H,4,8,11H2,1-3H3,(H,25,27)(H,28,31);1H2/t15-;/m0./s1. The van der Waals surface area contributed by atoms with Crippen LogP contribution in [0.1, 0.15) is 36.1 Å². The molecule has 0 aliphatic carbocycles. The summed E-state index contributed by atoms with van der Waals surface area (Å²) in [6.07, 6.45) is -0.463. The molecule has 0 radical (unpaired) electrons. The van der Waals surface area contributed by atoms with E-state index in [9.17, 15) is 18.0 Å². The highest BCUT2D eigenvalue weighted by atomic mass is 32.1. The van der Waals surface area contributed by atoms with Crippen LogP contribution in [0.25, 0.3) is 0 Å². The number of hydrogen-bond donors (Lipinski definition) is 2. The number of alkyl halides is 3. The number of nitrogens with one attached hydrogen (secondary N) is 2. The third kappa shape index (κ3) is 5.10. The molecule has 33 heavy (non-hydrogen) atoms. The number of carbonyl (C=O) groups excluding carboxylic acids is 1. The molecule has 3 aromatic heterocycles. The lowest BCUT2D eigenvalue weighted by molar-refractivity contribution is -0.153. The van der Waals surface area contributed by atoms with Gasteiger partial charge in [-0.3, -0.25) is 9.48 Å². The van der Waals surface area contributed by atoms with Gasteiger partial charge in [0.05, 0.1) is 29.8 Å². The Kier molecular flexibility index (Phi) is 6.96. The molecule has 1 aliphatic rings. The van der Waals surface area contributed by atoms with E-state index in [1.807, 2.05) is 31.9 Å². The summed E-state index contributed by atoms with van der Waals surface area (Å²) in [5.41, 5.74) is 3.13. The average Bonchev–Trinajstić information content (AvgIpc) is 3.37. The SMILES string of the molecule is CC[C@H]1C(=O)Nc2c(cc(NCc3cnn(Cc4ccc(C(F)(F)F)o4)c3)nc2C)N1C.S. The largest absolute Gasteiger partial charge is 0.455 e. The van der Waals surface area contributed by atoms with Crippen LogP contribution in [-0.2, 0) is 24.1 Å². The molecule has 0 fully saturated rings. The van der Waals surface area contributed by atoms with Gasteiger partial charge in [0.2, 0.25) is 11.7 Å². The van der Waals surface area contributed by atoms with Gasteiger partial charge >= 0.3 is 6.18 Å². The smallest absolute Gasteiger partial charge is 0.449 e. The second kappa shape index (κ2) is 9.38. The van der Waals surface area contributed by atoms with E-state index < -0.39 is 11.9 Å². The van der Waals surface area contributed by atoms with E-state index in [1.54, 1.807) is 12.4 Å². The third-order valence-electron chi connectivity index (χ3n) is 5.38. The molecule has 0 bridgehead atoms. The molecule has 0 saturated heterocycles. The molecule has 4 heterocycles. The molecular weight excluding hydrogens is 457 g/mol. The molecular formula is C21H25F3N6O2S. The van der Waals surface area contributed by atoms with Gasteiger partial charge in [0.1, 0.15) is 17.6 Å². The molecule has 8 nitrogen and oxygen atoms in total. The summed E-state index contributed by atoms with van der Waals surface area (Å²) in [6, 6.07) is 3.85. The normalized spacial score (nSPS) is 15.6. The van der Waals surface area contributed by atoms with Crippen LogP contribution >= 0.6 is 13.5 Å². The highest BCUT2D eigenvalue weighted by Crippen LogP contribution is 2.35. The average molecular weight is 483 g/mol. The molecule has 12 heteroatoms. The first-order valence-corrected chi connectivity index (χ1v) is 10.1.